The van der Waals surface area contributed by atoms with Crippen molar-refractivity contribution in [3.8, 4) is 0 Å². The highest BCUT2D eigenvalue weighted by molar-refractivity contribution is 7.77. The maximum atomic E-state index is 9.64. The van der Waals surface area contributed by atoms with Crippen molar-refractivity contribution in [2.75, 3.05) is 0 Å². The van der Waals surface area contributed by atoms with E-state index in [1.54, 1.807) is 0 Å². The zero-order chi connectivity index (χ0) is 5.86. The van der Waals surface area contributed by atoms with E-state index in [2.05, 4.69) is 0 Å². The van der Waals surface area contributed by atoms with Gasteiger partial charge in [0, 0.05) is 0 Å². The molecule has 1 atom stereocenters. The Labute approximate surface area is 53.4 Å². The van der Waals surface area contributed by atoms with Crippen LogP contribution in [0.15, 0.2) is 0 Å². The largest absolute Gasteiger partial charge is 0.294 e. The van der Waals surface area contributed by atoms with E-state index in [0.29, 0.717) is 0 Å². The van der Waals surface area contributed by atoms with Crippen LogP contribution in [0.2, 0.25) is 0 Å². The fourth-order valence-corrected chi connectivity index (χ4v) is 0.686. The quantitative estimate of drug-likeness (QED) is 0.354. The minimum absolute atomic E-state index is 0.981. The summed E-state index contributed by atoms with van der Waals surface area (Å²) < 4.78 is 19.4. The molecule has 0 heterocycles. The molecule has 0 aliphatic heterocycles. The Kier molecular flexibility index (Phi) is 3.96. The van der Waals surface area contributed by atoms with E-state index in [0.717, 1.165) is 0 Å². The van der Waals surface area contributed by atoms with Crippen molar-refractivity contribution >= 4 is 34.5 Å². The summed E-state index contributed by atoms with van der Waals surface area (Å²) in [6.07, 6.45) is 0. The average Bonchev–Trinajstić information content (AvgIpc) is 1.27. The van der Waals surface area contributed by atoms with E-state index in [9.17, 15) is 4.21 Å². The van der Waals surface area contributed by atoms with Crippen LogP contribution in [0.4, 0.5) is 0 Å². The molecular formula is CH3Cl2NO2S. The number of hydrogen-bond donors (Lipinski definition) is 2. The molecule has 0 bridgehead atoms. The molecule has 6 heteroatoms. The number of nitrogens with one attached hydrogen (secondary N) is 1. The van der Waals surface area contributed by atoms with Crippen LogP contribution in [-0.2, 0) is 11.3 Å². The van der Waals surface area contributed by atoms with Gasteiger partial charge < -0.3 is 0 Å². The summed E-state index contributed by atoms with van der Waals surface area (Å²) in [4.78, 5) is -0.981. The van der Waals surface area contributed by atoms with Gasteiger partial charge in [-0.3, -0.25) is 4.55 Å². The molecular weight excluding hydrogens is 161 g/mol. The van der Waals surface area contributed by atoms with Crippen molar-refractivity contribution in [1.82, 2.24) is 4.72 Å². The summed E-state index contributed by atoms with van der Waals surface area (Å²) in [7, 11) is 0. The van der Waals surface area contributed by atoms with E-state index in [1.165, 1.54) is 0 Å². The van der Waals surface area contributed by atoms with E-state index in [1.807, 2.05) is 4.72 Å². The van der Waals surface area contributed by atoms with Crippen LogP contribution < -0.4 is 4.72 Å². The van der Waals surface area contributed by atoms with Crippen LogP contribution in [0.3, 0.4) is 0 Å². The monoisotopic (exact) mass is 163 g/mol. The summed E-state index contributed by atoms with van der Waals surface area (Å²) in [6, 6.07) is 0. The summed E-state index contributed by atoms with van der Waals surface area (Å²) in [5.74, 6) is 0. The van der Waals surface area contributed by atoms with Crippen LogP contribution in [-0.4, -0.2) is 13.7 Å². The SMILES string of the molecule is O=S(O)NC(Cl)Cl. The second kappa shape index (κ2) is 3.63. The van der Waals surface area contributed by atoms with Gasteiger partial charge in [0.05, 0.1) is 0 Å². The Morgan fingerprint density at radius 2 is 2.14 bits per heavy atom. The van der Waals surface area contributed by atoms with Gasteiger partial charge in [-0.25, -0.2) is 4.21 Å². The van der Waals surface area contributed by atoms with Crippen LogP contribution >= 0.6 is 23.2 Å². The first kappa shape index (κ1) is 7.65. The van der Waals surface area contributed by atoms with E-state index < -0.39 is 16.2 Å². The summed E-state index contributed by atoms with van der Waals surface area (Å²) in [5.41, 5.74) is 0. The maximum absolute atomic E-state index is 9.64. The zero-order valence-electron chi connectivity index (χ0n) is 3.10. The van der Waals surface area contributed by atoms with Gasteiger partial charge in [0.15, 0.2) is 4.96 Å². The second-order valence-electron chi connectivity index (χ2n) is 0.668. The van der Waals surface area contributed by atoms with E-state index >= 15 is 0 Å². The van der Waals surface area contributed by atoms with Crippen LogP contribution in [0.1, 0.15) is 0 Å². The van der Waals surface area contributed by atoms with Crippen LogP contribution in [0, 0.1) is 0 Å². The Morgan fingerprint density at radius 3 is 2.14 bits per heavy atom. The lowest BCUT2D eigenvalue weighted by Crippen LogP contribution is -2.19. The third-order valence-corrected chi connectivity index (χ3v) is 1.10. The molecule has 0 aromatic heterocycles. The van der Waals surface area contributed by atoms with Crippen LogP contribution in [0.5, 0.6) is 0 Å². The molecule has 0 saturated carbocycles. The molecule has 7 heavy (non-hydrogen) atoms. The lowest BCUT2D eigenvalue weighted by Gasteiger charge is -1.94. The molecule has 0 fully saturated rings. The highest BCUT2D eigenvalue weighted by atomic mass is 35.5. The second-order valence-corrected chi connectivity index (χ2v) is 2.50. The molecule has 2 N–H and O–H groups in total. The normalized spacial score (nSPS) is 14.9. The van der Waals surface area contributed by atoms with Crippen molar-refractivity contribution in [2.45, 2.75) is 4.96 Å². The Morgan fingerprint density at radius 1 is 1.71 bits per heavy atom. The van der Waals surface area contributed by atoms with Gasteiger partial charge in [0.2, 0.25) is 11.3 Å². The molecule has 0 aliphatic carbocycles. The van der Waals surface area contributed by atoms with Gasteiger partial charge >= 0.3 is 0 Å². The van der Waals surface area contributed by atoms with Gasteiger partial charge in [-0.05, 0) is 0 Å². The van der Waals surface area contributed by atoms with Gasteiger partial charge in [0.1, 0.15) is 0 Å². The summed E-state index contributed by atoms with van der Waals surface area (Å²) in [6.45, 7) is 0. The molecule has 0 amide bonds. The van der Waals surface area contributed by atoms with Crippen molar-refractivity contribution in [3.63, 3.8) is 0 Å². The van der Waals surface area contributed by atoms with Crippen molar-refractivity contribution < 1.29 is 8.76 Å². The molecule has 44 valence electrons. The Balaban J connectivity index is 3.13. The molecule has 0 aliphatic rings. The number of rotatable bonds is 2. The number of halogens is 2. The smallest absolute Gasteiger partial charge is 0.234 e. The van der Waals surface area contributed by atoms with Crippen molar-refractivity contribution in [1.29, 1.82) is 0 Å². The Bertz CT molecular complexity index is 76.1. The van der Waals surface area contributed by atoms with Gasteiger partial charge in [-0.2, -0.15) is 4.72 Å². The zero-order valence-corrected chi connectivity index (χ0v) is 5.43. The maximum Gasteiger partial charge on any atom is 0.234 e. The topological polar surface area (TPSA) is 49.3 Å². The summed E-state index contributed by atoms with van der Waals surface area (Å²) >= 11 is 7.84. The molecule has 1 unspecified atom stereocenters. The first-order chi connectivity index (χ1) is 3.13. The van der Waals surface area contributed by atoms with E-state index in [4.69, 9.17) is 27.8 Å². The predicted molar refractivity (Wildman–Crippen MR) is 29.4 cm³/mol. The summed E-state index contributed by atoms with van der Waals surface area (Å²) in [5, 5.41) is 0. The fraction of sp³-hybridized carbons (Fsp3) is 1.00. The fourth-order valence-electron chi connectivity index (χ4n) is 0.0762. The molecule has 0 aromatic rings. The Hall–Kier alpha value is 0.650. The van der Waals surface area contributed by atoms with Gasteiger partial charge in [-0.15, -0.1) is 0 Å². The third-order valence-electron chi connectivity index (χ3n) is 0.190. The highest BCUT2D eigenvalue weighted by Gasteiger charge is 1.97. The highest BCUT2D eigenvalue weighted by Crippen LogP contribution is 1.94. The lowest BCUT2D eigenvalue weighted by molar-refractivity contribution is 0.552. The van der Waals surface area contributed by atoms with E-state index in [-0.39, 0.29) is 0 Å². The first-order valence-electron chi connectivity index (χ1n) is 1.28. The molecule has 0 spiro atoms. The number of hydrogen-bond acceptors (Lipinski definition) is 1. The third kappa shape index (κ3) is 6.65. The molecule has 0 radical (unpaired) electrons. The molecule has 0 saturated heterocycles. The first-order valence-corrected chi connectivity index (χ1v) is 3.26. The predicted octanol–water partition coefficient (Wildman–Crippen LogP) is 0.474. The molecule has 0 rings (SSSR count). The van der Waals surface area contributed by atoms with Crippen molar-refractivity contribution in [2.24, 2.45) is 0 Å². The van der Waals surface area contributed by atoms with Crippen molar-refractivity contribution in [3.05, 3.63) is 0 Å². The molecule has 3 nitrogen and oxygen atoms in total. The molecule has 0 aromatic carbocycles. The lowest BCUT2D eigenvalue weighted by atomic mass is 11.5. The minimum Gasteiger partial charge on any atom is -0.294 e. The number of alkyl halides is 2. The van der Waals surface area contributed by atoms with Gasteiger partial charge in [-0.1, -0.05) is 23.2 Å². The van der Waals surface area contributed by atoms with Crippen LogP contribution in [0.25, 0.3) is 0 Å². The minimum atomic E-state index is -2.11. The average molecular weight is 164 g/mol. The van der Waals surface area contributed by atoms with Gasteiger partial charge in [0.25, 0.3) is 0 Å². The standard InChI is InChI=1S/CH3Cl2NO2S/c2-1(3)4-7(5)6/h1,4H,(H,5,6).